The van der Waals surface area contributed by atoms with Gasteiger partial charge in [-0.3, -0.25) is 4.79 Å². The lowest BCUT2D eigenvalue weighted by atomic mass is 9.87. The van der Waals surface area contributed by atoms with Crippen molar-refractivity contribution in [1.82, 2.24) is 0 Å². The van der Waals surface area contributed by atoms with Gasteiger partial charge in [0.1, 0.15) is 6.10 Å². The minimum atomic E-state index is -0.151. The molecule has 1 saturated carbocycles. The van der Waals surface area contributed by atoms with Gasteiger partial charge in [-0.2, -0.15) is 0 Å². The summed E-state index contributed by atoms with van der Waals surface area (Å²) in [6, 6.07) is 0. The average Bonchev–Trinajstić information content (AvgIpc) is 2.28. The first-order valence-electron chi connectivity index (χ1n) is 6.64. The van der Waals surface area contributed by atoms with Crippen LogP contribution >= 0.6 is 0 Å². The predicted octanol–water partition coefficient (Wildman–Crippen LogP) is 3.17. The van der Waals surface area contributed by atoms with Gasteiger partial charge < -0.3 is 9.47 Å². The second kappa shape index (κ2) is 6.39. The van der Waals surface area contributed by atoms with Crippen LogP contribution in [0.2, 0.25) is 0 Å². The number of rotatable bonds is 4. The van der Waals surface area contributed by atoms with Crippen molar-refractivity contribution in [2.24, 2.45) is 11.3 Å². The first kappa shape index (κ1) is 14.5. The van der Waals surface area contributed by atoms with Crippen LogP contribution in [0.3, 0.4) is 0 Å². The summed E-state index contributed by atoms with van der Waals surface area (Å²) in [5, 5.41) is 0. The molecule has 1 aliphatic carbocycles. The molecule has 0 aromatic carbocycles. The second-order valence-electron chi connectivity index (χ2n) is 6.08. The Morgan fingerprint density at radius 2 is 1.82 bits per heavy atom. The molecule has 0 spiro atoms. The molecule has 1 aliphatic rings. The second-order valence-corrected chi connectivity index (χ2v) is 6.08. The normalized spacial score (nSPS) is 20.0. The molecule has 0 aromatic rings. The van der Waals surface area contributed by atoms with E-state index in [2.05, 4.69) is 20.8 Å². The Bertz CT molecular complexity index is 236. The number of carbonyl (C=O) groups excluding carboxylic acids is 1. The molecule has 0 heterocycles. The van der Waals surface area contributed by atoms with Crippen molar-refractivity contribution in [3.05, 3.63) is 0 Å². The van der Waals surface area contributed by atoms with Crippen molar-refractivity contribution in [3.8, 4) is 0 Å². The molecule has 17 heavy (non-hydrogen) atoms. The minimum Gasteiger partial charge on any atom is -0.459 e. The topological polar surface area (TPSA) is 35.5 Å². The van der Waals surface area contributed by atoms with E-state index in [1.54, 1.807) is 7.11 Å². The molecule has 0 amide bonds. The molecule has 0 radical (unpaired) electrons. The van der Waals surface area contributed by atoms with Crippen LogP contribution in [0.5, 0.6) is 0 Å². The molecule has 3 nitrogen and oxygen atoms in total. The summed E-state index contributed by atoms with van der Waals surface area (Å²) in [5.41, 5.74) is -0.0691. The van der Waals surface area contributed by atoms with E-state index in [1.807, 2.05) is 0 Å². The summed E-state index contributed by atoms with van der Waals surface area (Å²) in [6.45, 7) is 6.70. The highest BCUT2D eigenvalue weighted by Gasteiger charge is 2.31. The summed E-state index contributed by atoms with van der Waals surface area (Å²) in [7, 11) is 1.65. The molecular formula is C14H26O3. The molecule has 0 saturated heterocycles. The van der Waals surface area contributed by atoms with Gasteiger partial charge in [-0.15, -0.1) is 0 Å². The molecule has 0 N–H and O–H groups in total. The molecule has 100 valence electrons. The summed E-state index contributed by atoms with van der Waals surface area (Å²) < 4.78 is 10.8. The fourth-order valence-corrected chi connectivity index (χ4v) is 2.19. The predicted molar refractivity (Wildman–Crippen MR) is 67.8 cm³/mol. The summed E-state index contributed by atoms with van der Waals surface area (Å²) in [6.07, 6.45) is 5.40. The van der Waals surface area contributed by atoms with E-state index in [0.717, 1.165) is 25.7 Å². The van der Waals surface area contributed by atoms with Crippen LogP contribution in [0.15, 0.2) is 0 Å². The molecule has 0 bridgehead atoms. The van der Waals surface area contributed by atoms with Gasteiger partial charge in [0.2, 0.25) is 0 Å². The van der Waals surface area contributed by atoms with E-state index in [4.69, 9.17) is 9.47 Å². The zero-order valence-corrected chi connectivity index (χ0v) is 11.6. The fourth-order valence-electron chi connectivity index (χ4n) is 2.19. The third-order valence-electron chi connectivity index (χ3n) is 3.48. The molecule has 1 atom stereocenters. The van der Waals surface area contributed by atoms with Crippen LogP contribution in [0.4, 0.5) is 0 Å². The van der Waals surface area contributed by atoms with Gasteiger partial charge in [0.15, 0.2) is 0 Å². The third kappa shape index (κ3) is 4.66. The van der Waals surface area contributed by atoms with E-state index in [1.165, 1.54) is 6.42 Å². The zero-order valence-electron chi connectivity index (χ0n) is 11.6. The van der Waals surface area contributed by atoms with E-state index >= 15 is 0 Å². The van der Waals surface area contributed by atoms with Crippen molar-refractivity contribution < 1.29 is 14.3 Å². The Morgan fingerprint density at radius 3 is 2.29 bits per heavy atom. The Morgan fingerprint density at radius 1 is 1.24 bits per heavy atom. The summed E-state index contributed by atoms with van der Waals surface area (Å²) in [5.74, 6) is 0.0899. The molecule has 1 fully saturated rings. The van der Waals surface area contributed by atoms with Crippen LogP contribution < -0.4 is 0 Å². The quantitative estimate of drug-likeness (QED) is 0.710. The van der Waals surface area contributed by atoms with E-state index in [9.17, 15) is 4.79 Å². The number of hydrogen-bond donors (Lipinski definition) is 0. The van der Waals surface area contributed by atoms with Crippen molar-refractivity contribution in [2.75, 3.05) is 13.7 Å². The van der Waals surface area contributed by atoms with Crippen LogP contribution in [0.1, 0.15) is 52.9 Å². The van der Waals surface area contributed by atoms with E-state index in [0.29, 0.717) is 6.61 Å². The summed E-state index contributed by atoms with van der Waals surface area (Å²) in [4.78, 5) is 12.1. The highest BCUT2D eigenvalue weighted by atomic mass is 16.6. The number of methoxy groups -OCH3 is 1. The maximum absolute atomic E-state index is 12.1. The zero-order chi connectivity index (χ0) is 12.9. The van der Waals surface area contributed by atoms with Crippen LogP contribution in [-0.2, 0) is 14.3 Å². The van der Waals surface area contributed by atoms with Gasteiger partial charge in [-0.25, -0.2) is 0 Å². The highest BCUT2D eigenvalue weighted by Crippen LogP contribution is 2.28. The Hall–Kier alpha value is -0.570. The van der Waals surface area contributed by atoms with E-state index < -0.39 is 0 Å². The Balaban J connectivity index is 2.51. The molecular weight excluding hydrogens is 216 g/mol. The number of carbonyl (C=O) groups is 1. The molecule has 1 unspecified atom stereocenters. The van der Waals surface area contributed by atoms with Gasteiger partial charge in [0, 0.05) is 12.5 Å². The Labute approximate surface area is 105 Å². The standard InChI is InChI=1S/C14H26O3/c1-14(2,3)12(10-16-4)17-13(15)11-8-6-5-7-9-11/h11-12H,5-10H2,1-4H3. The van der Waals surface area contributed by atoms with Crippen molar-refractivity contribution in [2.45, 2.75) is 59.0 Å². The smallest absolute Gasteiger partial charge is 0.309 e. The Kier molecular flexibility index (Phi) is 5.44. The van der Waals surface area contributed by atoms with Crippen LogP contribution in [-0.4, -0.2) is 25.8 Å². The van der Waals surface area contributed by atoms with Crippen LogP contribution in [0, 0.1) is 11.3 Å². The number of esters is 1. The van der Waals surface area contributed by atoms with Crippen molar-refractivity contribution in [3.63, 3.8) is 0 Å². The van der Waals surface area contributed by atoms with Gasteiger partial charge in [-0.1, -0.05) is 40.0 Å². The average molecular weight is 242 g/mol. The maximum atomic E-state index is 12.1. The van der Waals surface area contributed by atoms with Crippen LogP contribution in [0.25, 0.3) is 0 Å². The lowest BCUT2D eigenvalue weighted by molar-refractivity contribution is -0.164. The lowest BCUT2D eigenvalue weighted by Crippen LogP contribution is -2.37. The highest BCUT2D eigenvalue weighted by molar-refractivity contribution is 5.72. The van der Waals surface area contributed by atoms with Crippen molar-refractivity contribution >= 4 is 5.97 Å². The van der Waals surface area contributed by atoms with E-state index in [-0.39, 0.29) is 23.4 Å². The SMILES string of the molecule is COCC(OC(=O)C1CCCCC1)C(C)(C)C. The monoisotopic (exact) mass is 242 g/mol. The third-order valence-corrected chi connectivity index (χ3v) is 3.48. The maximum Gasteiger partial charge on any atom is 0.309 e. The minimum absolute atomic E-state index is 0.0262. The van der Waals surface area contributed by atoms with Gasteiger partial charge in [0.25, 0.3) is 0 Å². The van der Waals surface area contributed by atoms with Gasteiger partial charge >= 0.3 is 5.97 Å². The van der Waals surface area contributed by atoms with Crippen molar-refractivity contribution in [1.29, 1.82) is 0 Å². The molecule has 0 aliphatic heterocycles. The number of hydrogen-bond acceptors (Lipinski definition) is 3. The first-order chi connectivity index (χ1) is 7.95. The lowest BCUT2D eigenvalue weighted by Gasteiger charge is -2.31. The summed E-state index contributed by atoms with van der Waals surface area (Å²) >= 11 is 0. The first-order valence-corrected chi connectivity index (χ1v) is 6.64. The van der Waals surface area contributed by atoms with Gasteiger partial charge in [0.05, 0.1) is 12.5 Å². The fraction of sp³-hybridized carbons (Fsp3) is 0.929. The number of ether oxygens (including phenoxy) is 2. The molecule has 1 rings (SSSR count). The molecule has 0 aromatic heterocycles. The molecule has 3 heteroatoms. The van der Waals surface area contributed by atoms with Gasteiger partial charge in [-0.05, 0) is 12.8 Å². The largest absolute Gasteiger partial charge is 0.459 e.